The Morgan fingerprint density at radius 3 is 2.74 bits per heavy atom. The lowest BCUT2D eigenvalue weighted by molar-refractivity contribution is -0.117. The van der Waals surface area contributed by atoms with Gasteiger partial charge in [-0.1, -0.05) is 29.3 Å². The Labute approximate surface area is 121 Å². The highest BCUT2D eigenvalue weighted by Crippen LogP contribution is 2.23. The predicted octanol–water partition coefficient (Wildman–Crippen LogP) is 2.40. The zero-order valence-electron chi connectivity index (χ0n) is 9.99. The third-order valence-electron chi connectivity index (χ3n) is 2.24. The van der Waals surface area contributed by atoms with Crippen molar-refractivity contribution in [2.75, 3.05) is 13.2 Å². The van der Waals surface area contributed by atoms with Crippen LogP contribution >= 0.6 is 23.2 Å². The number of nitrogens with zero attached hydrogens (tertiary/aromatic N) is 1. The van der Waals surface area contributed by atoms with Crippen LogP contribution in [-0.4, -0.2) is 24.2 Å². The van der Waals surface area contributed by atoms with E-state index in [4.69, 9.17) is 33.6 Å². The molecule has 0 radical (unpaired) electrons. The molecule has 0 fully saturated rings. The number of benzene rings is 1. The van der Waals surface area contributed by atoms with Gasteiger partial charge in [-0.25, -0.2) is 0 Å². The molecule has 1 aromatic carbocycles. The Kier molecular flexibility index (Phi) is 6.37. The quantitative estimate of drug-likeness (QED) is 0.498. The number of aliphatic hydroxyl groups excluding tert-OH is 1. The molecule has 0 aromatic heterocycles. The van der Waals surface area contributed by atoms with Gasteiger partial charge in [0.2, 0.25) is 0 Å². The molecule has 0 bridgehead atoms. The lowest BCUT2D eigenvalue weighted by atomic mass is 10.1. The third-order valence-corrected chi connectivity index (χ3v) is 2.98. The molecule has 0 spiro atoms. The molecule has 0 heterocycles. The fraction of sp³-hybridized carbons (Fsp3) is 0.231. The van der Waals surface area contributed by atoms with Crippen LogP contribution in [0.1, 0.15) is 12.0 Å². The molecule has 1 rings (SSSR count). The molecule has 2 N–H and O–H groups in total. The number of rotatable bonds is 5. The molecule has 1 aromatic rings. The van der Waals surface area contributed by atoms with Crippen LogP contribution < -0.4 is 5.32 Å². The van der Waals surface area contributed by atoms with E-state index < -0.39 is 5.91 Å². The molecule has 100 valence electrons. The largest absolute Gasteiger partial charge is 0.396 e. The molecule has 0 aliphatic heterocycles. The van der Waals surface area contributed by atoms with Crippen molar-refractivity contribution in [3.05, 3.63) is 39.4 Å². The lowest BCUT2D eigenvalue weighted by Crippen LogP contribution is -2.26. The predicted molar refractivity (Wildman–Crippen MR) is 74.8 cm³/mol. The number of amides is 1. The molecule has 6 heteroatoms. The summed E-state index contributed by atoms with van der Waals surface area (Å²) in [6, 6.07) is 6.64. The van der Waals surface area contributed by atoms with Gasteiger partial charge in [-0.3, -0.25) is 4.79 Å². The van der Waals surface area contributed by atoms with Crippen molar-refractivity contribution >= 4 is 35.2 Å². The van der Waals surface area contributed by atoms with Gasteiger partial charge < -0.3 is 10.4 Å². The number of halogens is 2. The van der Waals surface area contributed by atoms with Crippen molar-refractivity contribution < 1.29 is 9.90 Å². The summed E-state index contributed by atoms with van der Waals surface area (Å²) in [5.74, 6) is -0.484. The zero-order chi connectivity index (χ0) is 14.3. The van der Waals surface area contributed by atoms with Crippen molar-refractivity contribution in [2.45, 2.75) is 6.42 Å². The summed E-state index contributed by atoms with van der Waals surface area (Å²) in [5, 5.41) is 20.9. The average molecular weight is 299 g/mol. The highest BCUT2D eigenvalue weighted by Gasteiger charge is 2.08. The Hall–Kier alpha value is -1.54. The lowest BCUT2D eigenvalue weighted by Gasteiger charge is -2.03. The normalized spacial score (nSPS) is 10.9. The second kappa shape index (κ2) is 7.80. The van der Waals surface area contributed by atoms with Gasteiger partial charge in [-0.15, -0.1) is 0 Å². The van der Waals surface area contributed by atoms with E-state index in [1.807, 2.05) is 6.07 Å². The zero-order valence-corrected chi connectivity index (χ0v) is 11.5. The molecule has 19 heavy (non-hydrogen) atoms. The second-order valence-electron chi connectivity index (χ2n) is 3.68. The topological polar surface area (TPSA) is 73.1 Å². The van der Waals surface area contributed by atoms with E-state index in [9.17, 15) is 4.79 Å². The number of carbonyl (C=O) groups excluding carboxylic acids is 1. The van der Waals surface area contributed by atoms with Crippen molar-refractivity contribution in [1.82, 2.24) is 5.32 Å². The molecular weight excluding hydrogens is 287 g/mol. The number of nitrogens with one attached hydrogen (secondary N) is 1. The van der Waals surface area contributed by atoms with E-state index in [1.54, 1.807) is 18.2 Å². The van der Waals surface area contributed by atoms with Gasteiger partial charge in [0.1, 0.15) is 11.6 Å². The van der Waals surface area contributed by atoms with Gasteiger partial charge in [0.05, 0.1) is 10.0 Å². The van der Waals surface area contributed by atoms with E-state index in [0.717, 1.165) is 0 Å². The Morgan fingerprint density at radius 2 is 2.16 bits per heavy atom. The van der Waals surface area contributed by atoms with Gasteiger partial charge in [-0.05, 0) is 30.2 Å². The van der Waals surface area contributed by atoms with E-state index in [2.05, 4.69) is 5.32 Å². The molecule has 0 aliphatic rings. The number of hydrogen-bond donors (Lipinski definition) is 2. The summed E-state index contributed by atoms with van der Waals surface area (Å²) < 4.78 is 0. The maximum absolute atomic E-state index is 11.7. The van der Waals surface area contributed by atoms with Crippen LogP contribution in [0.15, 0.2) is 23.8 Å². The first kappa shape index (κ1) is 15.5. The number of hydrogen-bond acceptors (Lipinski definition) is 3. The second-order valence-corrected chi connectivity index (χ2v) is 4.49. The van der Waals surface area contributed by atoms with Crippen LogP contribution in [0, 0.1) is 11.3 Å². The molecular formula is C13H12Cl2N2O2. The maximum atomic E-state index is 11.7. The average Bonchev–Trinajstić information content (AvgIpc) is 2.40. The van der Waals surface area contributed by atoms with E-state index in [1.165, 1.54) is 6.08 Å². The molecule has 0 aliphatic carbocycles. The van der Waals surface area contributed by atoms with Gasteiger partial charge in [0, 0.05) is 13.2 Å². The van der Waals surface area contributed by atoms with Gasteiger partial charge >= 0.3 is 0 Å². The summed E-state index contributed by atoms with van der Waals surface area (Å²) in [4.78, 5) is 11.7. The summed E-state index contributed by atoms with van der Waals surface area (Å²) in [5.41, 5.74) is 0.583. The molecule has 0 saturated carbocycles. The van der Waals surface area contributed by atoms with Gasteiger partial charge in [-0.2, -0.15) is 5.26 Å². The van der Waals surface area contributed by atoms with E-state index in [0.29, 0.717) is 28.6 Å². The Balaban J connectivity index is 2.84. The van der Waals surface area contributed by atoms with E-state index in [-0.39, 0.29) is 12.2 Å². The minimum absolute atomic E-state index is 0.0152. The number of aliphatic hydroxyl groups is 1. The highest BCUT2D eigenvalue weighted by atomic mass is 35.5. The summed E-state index contributed by atoms with van der Waals surface area (Å²) in [7, 11) is 0. The first-order valence-corrected chi connectivity index (χ1v) is 6.30. The van der Waals surface area contributed by atoms with Crippen LogP contribution in [0.3, 0.4) is 0 Å². The van der Waals surface area contributed by atoms with Crippen molar-refractivity contribution in [2.24, 2.45) is 0 Å². The van der Waals surface area contributed by atoms with Crippen molar-refractivity contribution in [3.8, 4) is 6.07 Å². The van der Waals surface area contributed by atoms with Crippen LogP contribution in [0.2, 0.25) is 10.0 Å². The molecule has 4 nitrogen and oxygen atoms in total. The SMILES string of the molecule is N#C/C(=C\c1ccc(Cl)c(Cl)c1)C(=O)NCCCO. The van der Waals surface area contributed by atoms with Crippen LogP contribution in [0.5, 0.6) is 0 Å². The first-order chi connectivity index (χ1) is 9.08. The third kappa shape index (κ3) is 4.92. The molecule has 1 amide bonds. The van der Waals surface area contributed by atoms with Crippen LogP contribution in [0.4, 0.5) is 0 Å². The fourth-order valence-corrected chi connectivity index (χ4v) is 1.60. The molecule has 0 saturated heterocycles. The standard InChI is InChI=1S/C13H12Cl2N2O2/c14-11-3-2-9(7-12(11)15)6-10(8-16)13(19)17-4-1-5-18/h2-3,6-7,18H,1,4-5H2,(H,17,19)/b10-6+. The van der Waals surface area contributed by atoms with E-state index >= 15 is 0 Å². The van der Waals surface area contributed by atoms with Crippen molar-refractivity contribution in [3.63, 3.8) is 0 Å². The molecule has 0 atom stereocenters. The van der Waals surface area contributed by atoms with Crippen molar-refractivity contribution in [1.29, 1.82) is 5.26 Å². The first-order valence-electron chi connectivity index (χ1n) is 5.54. The summed E-state index contributed by atoms with van der Waals surface area (Å²) >= 11 is 11.6. The summed E-state index contributed by atoms with van der Waals surface area (Å²) in [6.45, 7) is 0.300. The monoisotopic (exact) mass is 298 g/mol. The van der Waals surface area contributed by atoms with Gasteiger partial charge in [0.25, 0.3) is 5.91 Å². The smallest absolute Gasteiger partial charge is 0.261 e. The Morgan fingerprint density at radius 1 is 1.42 bits per heavy atom. The number of carbonyl (C=O) groups is 1. The maximum Gasteiger partial charge on any atom is 0.261 e. The minimum Gasteiger partial charge on any atom is -0.396 e. The van der Waals surface area contributed by atoms with Gasteiger partial charge in [0.15, 0.2) is 0 Å². The fourth-order valence-electron chi connectivity index (χ4n) is 1.29. The minimum atomic E-state index is -0.484. The highest BCUT2D eigenvalue weighted by molar-refractivity contribution is 6.42. The summed E-state index contributed by atoms with van der Waals surface area (Å²) in [6.07, 6.45) is 1.87. The Bertz CT molecular complexity index is 536. The number of nitriles is 1. The molecule has 0 unspecified atom stereocenters. The van der Waals surface area contributed by atoms with Crippen LogP contribution in [-0.2, 0) is 4.79 Å². The van der Waals surface area contributed by atoms with Crippen LogP contribution in [0.25, 0.3) is 6.08 Å².